The summed E-state index contributed by atoms with van der Waals surface area (Å²) in [4.78, 5) is 32.3. The molecule has 5 aromatic heterocycles. The molecule has 0 spiro atoms. The highest BCUT2D eigenvalue weighted by atomic mass is 16.1. The number of aromatic nitrogens is 6. The van der Waals surface area contributed by atoms with Gasteiger partial charge in [-0.2, -0.15) is 5.10 Å². The number of carbonyl (C=O) groups is 1. The van der Waals surface area contributed by atoms with Gasteiger partial charge in [-0.05, 0) is 63.3 Å². The van der Waals surface area contributed by atoms with Gasteiger partial charge in [-0.1, -0.05) is 0 Å². The molecule has 6 rings (SSSR count). The molecule has 1 saturated heterocycles. The van der Waals surface area contributed by atoms with Gasteiger partial charge < -0.3 is 9.88 Å². The molecule has 1 aliphatic heterocycles. The minimum Gasteiger partial charge on any atom is -0.360 e. The van der Waals surface area contributed by atoms with E-state index in [1.54, 1.807) is 12.4 Å². The molecule has 1 aliphatic rings. The average Bonchev–Trinajstić information content (AvgIpc) is 3.54. The summed E-state index contributed by atoms with van der Waals surface area (Å²) in [5, 5.41) is 5.41. The Labute approximate surface area is 196 Å². The molecule has 0 aromatic carbocycles. The van der Waals surface area contributed by atoms with Crippen molar-refractivity contribution >= 4 is 27.7 Å². The Morgan fingerprint density at radius 3 is 2.82 bits per heavy atom. The van der Waals surface area contributed by atoms with E-state index < -0.39 is 0 Å². The van der Waals surface area contributed by atoms with Crippen LogP contribution in [0.3, 0.4) is 0 Å². The molecule has 6 heterocycles. The third kappa shape index (κ3) is 3.97. The van der Waals surface area contributed by atoms with Crippen molar-refractivity contribution in [1.82, 2.24) is 34.6 Å². The monoisotopic (exact) mass is 451 g/mol. The highest BCUT2D eigenvalue weighted by Gasteiger charge is 2.20. The van der Waals surface area contributed by atoms with E-state index in [4.69, 9.17) is 4.98 Å². The second-order valence-electron chi connectivity index (χ2n) is 9.04. The quantitative estimate of drug-likeness (QED) is 0.405. The molecule has 0 aliphatic carbocycles. The lowest BCUT2D eigenvalue weighted by Crippen LogP contribution is -2.31. The van der Waals surface area contributed by atoms with Gasteiger partial charge in [0.25, 0.3) is 0 Å². The van der Waals surface area contributed by atoms with E-state index in [0.717, 1.165) is 59.1 Å². The van der Waals surface area contributed by atoms with Gasteiger partial charge in [0, 0.05) is 35.7 Å². The fourth-order valence-electron chi connectivity index (χ4n) is 4.60. The standard InChI is InChI=1S/C26H25N7O/c1-32-8-5-21(6-9-32)33-16-19(15-30-33)26(34)12-20-11-24-17(13-28-20)2-3-22(31-24)18-10-25-23(29-14-18)4-7-27-25/h2-4,7,10-11,13-16,21,27H,5-6,8-9,12H2,1H3. The summed E-state index contributed by atoms with van der Waals surface area (Å²) in [6.45, 7) is 2.11. The van der Waals surface area contributed by atoms with Crippen LogP contribution in [0.2, 0.25) is 0 Å². The van der Waals surface area contributed by atoms with Gasteiger partial charge in [0.05, 0.1) is 52.2 Å². The summed E-state index contributed by atoms with van der Waals surface area (Å²) in [7, 11) is 2.14. The van der Waals surface area contributed by atoms with E-state index in [1.165, 1.54) is 0 Å². The zero-order valence-corrected chi connectivity index (χ0v) is 19.0. The molecule has 8 nitrogen and oxygen atoms in total. The number of H-pyrrole nitrogens is 1. The van der Waals surface area contributed by atoms with Crippen molar-refractivity contribution in [3.05, 3.63) is 72.6 Å². The first-order valence-electron chi connectivity index (χ1n) is 11.6. The number of fused-ring (bicyclic) bond motifs is 2. The lowest BCUT2D eigenvalue weighted by Gasteiger charge is -2.28. The maximum Gasteiger partial charge on any atom is 0.171 e. The molecule has 0 saturated carbocycles. The van der Waals surface area contributed by atoms with Crippen molar-refractivity contribution in [3.8, 4) is 11.3 Å². The summed E-state index contributed by atoms with van der Waals surface area (Å²) in [6.07, 6.45) is 11.4. The van der Waals surface area contributed by atoms with Crippen LogP contribution >= 0.6 is 0 Å². The first-order valence-corrected chi connectivity index (χ1v) is 11.6. The summed E-state index contributed by atoms with van der Waals surface area (Å²) in [5.41, 5.74) is 5.81. The zero-order valence-electron chi connectivity index (χ0n) is 19.0. The van der Waals surface area contributed by atoms with Gasteiger partial charge in [0.2, 0.25) is 0 Å². The van der Waals surface area contributed by atoms with E-state index in [0.29, 0.717) is 17.3 Å². The van der Waals surface area contributed by atoms with Crippen LogP contribution in [0.5, 0.6) is 0 Å². The predicted octanol–water partition coefficient (Wildman–Crippen LogP) is 4.06. The van der Waals surface area contributed by atoms with E-state index in [-0.39, 0.29) is 12.2 Å². The molecule has 0 amide bonds. The maximum atomic E-state index is 13.0. The van der Waals surface area contributed by atoms with E-state index in [1.807, 2.05) is 53.6 Å². The molecule has 0 bridgehead atoms. The first-order chi connectivity index (χ1) is 16.6. The van der Waals surface area contributed by atoms with E-state index in [9.17, 15) is 4.79 Å². The number of carbonyl (C=O) groups excluding carboxylic acids is 1. The number of likely N-dealkylation sites (tertiary alicyclic amines) is 1. The highest BCUT2D eigenvalue weighted by molar-refractivity contribution is 5.97. The topological polar surface area (TPSA) is 92.6 Å². The Hall–Kier alpha value is -3.91. The highest BCUT2D eigenvalue weighted by Crippen LogP contribution is 2.24. The van der Waals surface area contributed by atoms with Crippen LogP contribution in [-0.2, 0) is 6.42 Å². The summed E-state index contributed by atoms with van der Waals surface area (Å²) >= 11 is 0. The van der Waals surface area contributed by atoms with Gasteiger partial charge in [0.1, 0.15) is 0 Å². The number of ketones is 1. The second kappa shape index (κ2) is 8.46. The van der Waals surface area contributed by atoms with Gasteiger partial charge in [0.15, 0.2) is 5.78 Å². The first kappa shape index (κ1) is 20.7. The molecular formula is C26H25N7O. The van der Waals surface area contributed by atoms with Crippen LogP contribution in [0.1, 0.15) is 34.9 Å². The number of aromatic amines is 1. The Morgan fingerprint density at radius 2 is 1.94 bits per heavy atom. The molecule has 5 aromatic rings. The van der Waals surface area contributed by atoms with Crippen molar-refractivity contribution in [2.75, 3.05) is 20.1 Å². The number of nitrogens with zero attached hydrogens (tertiary/aromatic N) is 6. The molecule has 1 fully saturated rings. The van der Waals surface area contributed by atoms with Crippen molar-refractivity contribution < 1.29 is 4.79 Å². The molecule has 0 unspecified atom stereocenters. The van der Waals surface area contributed by atoms with Crippen LogP contribution in [0, 0.1) is 0 Å². The third-order valence-corrected chi connectivity index (χ3v) is 6.65. The molecular weight excluding hydrogens is 426 g/mol. The molecule has 0 radical (unpaired) electrons. The zero-order chi connectivity index (χ0) is 23.1. The Kier molecular flexibility index (Phi) is 5.15. The number of Topliss-reactive ketones (excluding diaryl/α,β-unsaturated/α-hetero) is 1. The van der Waals surface area contributed by atoms with Crippen LogP contribution in [-0.4, -0.2) is 60.5 Å². The normalized spacial score (nSPS) is 15.3. The Morgan fingerprint density at radius 1 is 1.06 bits per heavy atom. The summed E-state index contributed by atoms with van der Waals surface area (Å²) in [6, 6.07) is 10.2. The maximum absolute atomic E-state index is 13.0. The fourth-order valence-corrected chi connectivity index (χ4v) is 4.60. The van der Waals surface area contributed by atoms with Crippen LogP contribution in [0.25, 0.3) is 33.2 Å². The van der Waals surface area contributed by atoms with Crippen LogP contribution < -0.4 is 0 Å². The molecule has 170 valence electrons. The predicted molar refractivity (Wildman–Crippen MR) is 131 cm³/mol. The van der Waals surface area contributed by atoms with E-state index in [2.05, 4.69) is 32.0 Å². The number of rotatable bonds is 5. The molecule has 34 heavy (non-hydrogen) atoms. The van der Waals surface area contributed by atoms with Gasteiger partial charge >= 0.3 is 0 Å². The second-order valence-corrected chi connectivity index (χ2v) is 9.04. The van der Waals surface area contributed by atoms with Crippen molar-refractivity contribution in [2.45, 2.75) is 25.3 Å². The minimum atomic E-state index is 0.0172. The fraction of sp³-hybridized carbons (Fsp3) is 0.269. The van der Waals surface area contributed by atoms with E-state index >= 15 is 0 Å². The Bertz CT molecular complexity index is 1490. The van der Waals surface area contributed by atoms with Gasteiger partial charge in [-0.25, -0.2) is 4.98 Å². The molecule has 8 heteroatoms. The lowest BCUT2D eigenvalue weighted by atomic mass is 10.1. The van der Waals surface area contributed by atoms with Gasteiger partial charge in [-0.3, -0.25) is 19.4 Å². The average molecular weight is 452 g/mol. The van der Waals surface area contributed by atoms with Crippen molar-refractivity contribution in [3.63, 3.8) is 0 Å². The minimum absolute atomic E-state index is 0.0172. The Balaban J connectivity index is 1.22. The number of pyridine rings is 3. The van der Waals surface area contributed by atoms with Crippen molar-refractivity contribution in [2.24, 2.45) is 0 Å². The van der Waals surface area contributed by atoms with Crippen LogP contribution in [0.4, 0.5) is 0 Å². The largest absolute Gasteiger partial charge is 0.360 e. The summed E-state index contributed by atoms with van der Waals surface area (Å²) in [5.74, 6) is 0.0172. The smallest absolute Gasteiger partial charge is 0.171 e. The molecule has 0 atom stereocenters. The summed E-state index contributed by atoms with van der Waals surface area (Å²) < 4.78 is 1.96. The number of hydrogen-bond donors (Lipinski definition) is 1. The number of piperidine rings is 1. The number of nitrogens with one attached hydrogen (secondary N) is 1. The van der Waals surface area contributed by atoms with Gasteiger partial charge in [-0.15, -0.1) is 0 Å². The number of hydrogen-bond acceptors (Lipinski definition) is 6. The molecule has 1 N–H and O–H groups in total. The lowest BCUT2D eigenvalue weighted by molar-refractivity contribution is 0.0991. The SMILES string of the molecule is CN1CCC(n2cc(C(=O)Cc3cc4nc(-c5cnc6cc[nH]c6c5)ccc4cn3)cn2)CC1. The van der Waals surface area contributed by atoms with Crippen LogP contribution in [0.15, 0.2) is 61.3 Å². The van der Waals surface area contributed by atoms with Crippen molar-refractivity contribution in [1.29, 1.82) is 0 Å². The third-order valence-electron chi connectivity index (χ3n) is 6.65.